The summed E-state index contributed by atoms with van der Waals surface area (Å²) in [6, 6.07) is 3.63. The van der Waals surface area contributed by atoms with Gasteiger partial charge in [-0.3, -0.25) is 0 Å². The third-order valence-electron chi connectivity index (χ3n) is 2.47. The van der Waals surface area contributed by atoms with Crippen LogP contribution in [0, 0.1) is 0 Å². The molecule has 2 rings (SSSR count). The smallest absolute Gasteiger partial charge is 0.268 e. The third-order valence-corrected chi connectivity index (χ3v) is 3.69. The molecule has 0 radical (unpaired) electrons. The Labute approximate surface area is 120 Å². The first-order valence-corrected chi connectivity index (χ1v) is 7.19. The Morgan fingerprint density at radius 3 is 2.95 bits per heavy atom. The van der Waals surface area contributed by atoms with Gasteiger partial charge in [-0.25, -0.2) is 0 Å². The van der Waals surface area contributed by atoms with E-state index in [9.17, 15) is 0 Å². The number of nitrogens with zero attached hydrogens (tertiary/aromatic N) is 2. The van der Waals surface area contributed by atoms with Gasteiger partial charge in [0.2, 0.25) is 0 Å². The van der Waals surface area contributed by atoms with E-state index in [2.05, 4.69) is 10.1 Å². The van der Waals surface area contributed by atoms with Gasteiger partial charge in [-0.05, 0) is 25.5 Å². The monoisotopic (exact) mass is 301 g/mol. The van der Waals surface area contributed by atoms with Crippen LogP contribution >= 0.6 is 22.9 Å². The van der Waals surface area contributed by atoms with Crippen LogP contribution in [0.1, 0.15) is 26.1 Å². The molecule has 19 heavy (non-hydrogen) atoms. The first kappa shape index (κ1) is 14.5. The summed E-state index contributed by atoms with van der Waals surface area (Å²) >= 11 is 7.26. The number of nitrogens with two attached hydrogens (primary N) is 1. The Balaban J connectivity index is 2.11. The fourth-order valence-electron chi connectivity index (χ4n) is 1.48. The molecule has 2 N–H and O–H groups in total. The lowest BCUT2D eigenvalue weighted by Crippen LogP contribution is -2.39. The minimum absolute atomic E-state index is 0.352. The van der Waals surface area contributed by atoms with Gasteiger partial charge in [0.05, 0.1) is 15.8 Å². The summed E-state index contributed by atoms with van der Waals surface area (Å²) in [5.41, 5.74) is 5.38. The van der Waals surface area contributed by atoms with Crippen LogP contribution in [-0.4, -0.2) is 23.4 Å². The van der Waals surface area contributed by atoms with Gasteiger partial charge >= 0.3 is 0 Å². The SMILES string of the molecule is CCCOCC(C)(N)c1noc(-c2ccc(Cl)s2)n1. The molecule has 0 aliphatic heterocycles. The molecule has 2 aromatic rings. The third kappa shape index (κ3) is 3.54. The molecule has 0 amide bonds. The van der Waals surface area contributed by atoms with Crippen LogP contribution < -0.4 is 5.73 Å². The summed E-state index contributed by atoms with van der Waals surface area (Å²) in [5, 5.41) is 3.92. The average molecular weight is 302 g/mol. The fourth-order valence-corrected chi connectivity index (χ4v) is 2.44. The molecule has 7 heteroatoms. The zero-order valence-corrected chi connectivity index (χ0v) is 12.4. The van der Waals surface area contributed by atoms with Crippen LogP contribution in [0.4, 0.5) is 0 Å². The highest BCUT2D eigenvalue weighted by Gasteiger charge is 2.28. The number of hydrogen-bond acceptors (Lipinski definition) is 6. The van der Waals surface area contributed by atoms with E-state index in [1.165, 1.54) is 11.3 Å². The van der Waals surface area contributed by atoms with Gasteiger partial charge in [0, 0.05) is 6.61 Å². The molecule has 0 aromatic carbocycles. The van der Waals surface area contributed by atoms with Gasteiger partial charge in [0.1, 0.15) is 5.54 Å². The van der Waals surface area contributed by atoms with Crippen molar-refractivity contribution in [3.63, 3.8) is 0 Å². The second-order valence-corrected chi connectivity index (χ2v) is 6.21. The number of thiophene rings is 1. The van der Waals surface area contributed by atoms with Crippen LogP contribution in [0.25, 0.3) is 10.8 Å². The maximum atomic E-state index is 6.14. The highest BCUT2D eigenvalue weighted by Crippen LogP contribution is 2.30. The summed E-state index contributed by atoms with van der Waals surface area (Å²) < 4.78 is 11.3. The first-order chi connectivity index (χ1) is 9.03. The number of hydrogen-bond donors (Lipinski definition) is 1. The quantitative estimate of drug-likeness (QED) is 0.830. The van der Waals surface area contributed by atoms with Crippen molar-refractivity contribution in [1.29, 1.82) is 0 Å². The molecular weight excluding hydrogens is 286 g/mol. The lowest BCUT2D eigenvalue weighted by Gasteiger charge is -2.19. The zero-order chi connectivity index (χ0) is 13.9. The van der Waals surface area contributed by atoms with Gasteiger partial charge in [-0.15, -0.1) is 11.3 Å². The summed E-state index contributed by atoms with van der Waals surface area (Å²) in [6.45, 7) is 4.88. The summed E-state index contributed by atoms with van der Waals surface area (Å²) in [7, 11) is 0. The number of rotatable bonds is 6. The molecular formula is C12H16ClN3O2S. The van der Waals surface area contributed by atoms with Crippen molar-refractivity contribution >= 4 is 22.9 Å². The molecule has 104 valence electrons. The predicted molar refractivity (Wildman–Crippen MR) is 75.3 cm³/mol. The Morgan fingerprint density at radius 1 is 1.53 bits per heavy atom. The molecule has 0 bridgehead atoms. The molecule has 0 aliphatic carbocycles. The predicted octanol–water partition coefficient (Wildman–Crippen LogP) is 3.05. The lowest BCUT2D eigenvalue weighted by atomic mass is 10.1. The van der Waals surface area contributed by atoms with Crippen molar-refractivity contribution in [2.45, 2.75) is 25.8 Å². The van der Waals surface area contributed by atoms with E-state index >= 15 is 0 Å². The second-order valence-electron chi connectivity index (χ2n) is 4.50. The highest BCUT2D eigenvalue weighted by atomic mass is 35.5. The van der Waals surface area contributed by atoms with Crippen molar-refractivity contribution in [2.24, 2.45) is 5.73 Å². The van der Waals surface area contributed by atoms with Crippen molar-refractivity contribution in [1.82, 2.24) is 10.1 Å². The number of aromatic nitrogens is 2. The topological polar surface area (TPSA) is 74.2 Å². The summed E-state index contributed by atoms with van der Waals surface area (Å²) in [5.74, 6) is 0.863. The van der Waals surface area contributed by atoms with Crippen molar-refractivity contribution < 1.29 is 9.26 Å². The van der Waals surface area contributed by atoms with Crippen LogP contribution in [0.5, 0.6) is 0 Å². The van der Waals surface area contributed by atoms with Gasteiger partial charge in [-0.2, -0.15) is 4.98 Å². The first-order valence-electron chi connectivity index (χ1n) is 5.99. The largest absolute Gasteiger partial charge is 0.379 e. The molecule has 1 unspecified atom stereocenters. The van der Waals surface area contributed by atoms with Crippen molar-refractivity contribution in [3.05, 3.63) is 22.3 Å². The standard InChI is InChI=1S/C12H16ClN3O2S/c1-3-6-17-7-12(2,14)11-15-10(18-16-11)8-4-5-9(13)19-8/h4-5H,3,6-7,14H2,1-2H3. The Morgan fingerprint density at radius 2 is 2.32 bits per heavy atom. The van der Waals surface area contributed by atoms with E-state index < -0.39 is 5.54 Å². The van der Waals surface area contributed by atoms with Gasteiger partial charge in [0.25, 0.3) is 5.89 Å². The number of ether oxygens (including phenoxy) is 1. The van der Waals surface area contributed by atoms with Crippen LogP contribution in [0.2, 0.25) is 4.34 Å². The molecule has 0 saturated heterocycles. The molecule has 1 atom stereocenters. The Hall–Kier alpha value is -0.950. The minimum atomic E-state index is -0.766. The molecule has 0 saturated carbocycles. The van der Waals surface area contributed by atoms with Crippen molar-refractivity contribution in [3.8, 4) is 10.8 Å². The van der Waals surface area contributed by atoms with E-state index in [1.807, 2.05) is 19.9 Å². The minimum Gasteiger partial charge on any atom is -0.379 e. The van der Waals surface area contributed by atoms with E-state index in [4.69, 9.17) is 26.6 Å². The van der Waals surface area contributed by atoms with Crippen LogP contribution in [-0.2, 0) is 10.3 Å². The lowest BCUT2D eigenvalue weighted by molar-refractivity contribution is 0.0867. The van der Waals surface area contributed by atoms with Crippen LogP contribution in [0.3, 0.4) is 0 Å². The molecule has 0 fully saturated rings. The fraction of sp³-hybridized carbons (Fsp3) is 0.500. The van der Waals surface area contributed by atoms with Gasteiger partial charge in [-0.1, -0.05) is 23.7 Å². The molecule has 2 aromatic heterocycles. The van der Waals surface area contributed by atoms with E-state index in [-0.39, 0.29) is 0 Å². The normalized spacial score (nSPS) is 14.5. The van der Waals surface area contributed by atoms with Crippen LogP contribution in [0.15, 0.2) is 16.7 Å². The summed E-state index contributed by atoms with van der Waals surface area (Å²) in [6.07, 6.45) is 0.946. The second kappa shape index (κ2) is 6.00. The van der Waals surface area contributed by atoms with Crippen molar-refractivity contribution in [2.75, 3.05) is 13.2 Å². The number of halogens is 1. The summed E-state index contributed by atoms with van der Waals surface area (Å²) in [4.78, 5) is 5.14. The molecule has 0 aliphatic rings. The van der Waals surface area contributed by atoms with E-state index in [0.29, 0.717) is 29.3 Å². The molecule has 0 spiro atoms. The van der Waals surface area contributed by atoms with E-state index in [0.717, 1.165) is 11.3 Å². The zero-order valence-electron chi connectivity index (χ0n) is 10.9. The Kier molecular flexibility index (Phi) is 4.57. The van der Waals surface area contributed by atoms with E-state index in [1.54, 1.807) is 6.07 Å². The molecule has 2 heterocycles. The maximum absolute atomic E-state index is 6.14. The van der Waals surface area contributed by atoms with Gasteiger partial charge in [0.15, 0.2) is 5.82 Å². The van der Waals surface area contributed by atoms with Gasteiger partial charge < -0.3 is 15.0 Å². The average Bonchev–Trinajstić information content (AvgIpc) is 2.97. The molecule has 5 nitrogen and oxygen atoms in total. The maximum Gasteiger partial charge on any atom is 0.268 e. The highest BCUT2D eigenvalue weighted by molar-refractivity contribution is 7.19. The Bertz CT molecular complexity index is 539.